The van der Waals surface area contributed by atoms with Crippen molar-refractivity contribution in [1.29, 1.82) is 0 Å². The SMILES string of the molecule is CC1CCC(NC(=O)C2CCC(=O)NC2)C1. The van der Waals surface area contributed by atoms with Crippen LogP contribution in [-0.4, -0.2) is 24.4 Å². The molecule has 2 fully saturated rings. The van der Waals surface area contributed by atoms with Gasteiger partial charge in [0.2, 0.25) is 11.8 Å². The minimum absolute atomic E-state index is 0.0198. The molecule has 1 heterocycles. The number of carbonyl (C=O) groups excluding carboxylic acids is 2. The van der Waals surface area contributed by atoms with Crippen LogP contribution < -0.4 is 10.6 Å². The second-order valence-corrected chi connectivity index (χ2v) is 5.16. The van der Waals surface area contributed by atoms with Crippen molar-refractivity contribution >= 4 is 11.8 Å². The summed E-state index contributed by atoms with van der Waals surface area (Å²) in [5.41, 5.74) is 0. The molecule has 3 unspecified atom stereocenters. The van der Waals surface area contributed by atoms with Crippen molar-refractivity contribution in [2.75, 3.05) is 6.54 Å². The Bertz CT molecular complexity index is 281. The number of rotatable bonds is 2. The van der Waals surface area contributed by atoms with Crippen LogP contribution in [0.3, 0.4) is 0 Å². The zero-order chi connectivity index (χ0) is 11.5. The van der Waals surface area contributed by atoms with E-state index in [0.29, 0.717) is 25.4 Å². The van der Waals surface area contributed by atoms with E-state index in [0.717, 1.165) is 18.8 Å². The first kappa shape index (κ1) is 11.4. The molecule has 0 aromatic carbocycles. The second kappa shape index (κ2) is 4.85. The predicted molar refractivity (Wildman–Crippen MR) is 60.7 cm³/mol. The minimum Gasteiger partial charge on any atom is -0.355 e. The zero-order valence-electron chi connectivity index (χ0n) is 9.79. The Morgan fingerprint density at radius 2 is 2.19 bits per heavy atom. The van der Waals surface area contributed by atoms with E-state index < -0.39 is 0 Å². The standard InChI is InChI=1S/C12H20N2O2/c1-8-2-4-10(6-8)14-12(16)9-3-5-11(15)13-7-9/h8-10H,2-7H2,1H3,(H,13,15)(H,14,16). The molecule has 1 saturated carbocycles. The molecule has 0 aromatic heterocycles. The van der Waals surface area contributed by atoms with Gasteiger partial charge in [0.05, 0.1) is 5.92 Å². The van der Waals surface area contributed by atoms with Crippen LogP contribution >= 0.6 is 0 Å². The molecule has 90 valence electrons. The topological polar surface area (TPSA) is 58.2 Å². The lowest BCUT2D eigenvalue weighted by molar-refractivity contribution is -0.129. The van der Waals surface area contributed by atoms with Gasteiger partial charge in [0.25, 0.3) is 0 Å². The van der Waals surface area contributed by atoms with Gasteiger partial charge in [0, 0.05) is 19.0 Å². The molecule has 1 aliphatic heterocycles. The summed E-state index contributed by atoms with van der Waals surface area (Å²) in [6.07, 6.45) is 4.60. The maximum atomic E-state index is 11.9. The van der Waals surface area contributed by atoms with E-state index in [1.54, 1.807) is 0 Å². The molecular weight excluding hydrogens is 204 g/mol. The van der Waals surface area contributed by atoms with Crippen LogP contribution in [0.25, 0.3) is 0 Å². The van der Waals surface area contributed by atoms with Gasteiger partial charge >= 0.3 is 0 Å². The second-order valence-electron chi connectivity index (χ2n) is 5.16. The van der Waals surface area contributed by atoms with Crippen LogP contribution in [0, 0.1) is 11.8 Å². The maximum absolute atomic E-state index is 11.9. The molecule has 2 N–H and O–H groups in total. The summed E-state index contributed by atoms with van der Waals surface area (Å²) in [5.74, 6) is 0.905. The predicted octanol–water partition coefficient (Wildman–Crippen LogP) is 0.817. The largest absolute Gasteiger partial charge is 0.355 e. The Labute approximate surface area is 96.2 Å². The van der Waals surface area contributed by atoms with E-state index in [1.165, 1.54) is 6.42 Å². The smallest absolute Gasteiger partial charge is 0.225 e. The van der Waals surface area contributed by atoms with Gasteiger partial charge in [-0.2, -0.15) is 0 Å². The molecule has 1 aliphatic carbocycles. The fraction of sp³-hybridized carbons (Fsp3) is 0.833. The Morgan fingerprint density at radius 3 is 2.75 bits per heavy atom. The summed E-state index contributed by atoms with van der Waals surface area (Å²) in [6.45, 7) is 2.74. The van der Waals surface area contributed by atoms with Crippen LogP contribution in [0.2, 0.25) is 0 Å². The molecule has 2 rings (SSSR count). The number of piperidine rings is 1. The van der Waals surface area contributed by atoms with Crippen molar-refractivity contribution in [2.24, 2.45) is 11.8 Å². The zero-order valence-corrected chi connectivity index (χ0v) is 9.79. The maximum Gasteiger partial charge on any atom is 0.225 e. The fourth-order valence-corrected chi connectivity index (χ4v) is 2.61. The van der Waals surface area contributed by atoms with Gasteiger partial charge in [-0.05, 0) is 31.6 Å². The summed E-state index contributed by atoms with van der Waals surface area (Å²) in [5, 5.41) is 5.85. The minimum atomic E-state index is -0.0198. The lowest BCUT2D eigenvalue weighted by Gasteiger charge is -2.23. The highest BCUT2D eigenvalue weighted by atomic mass is 16.2. The molecule has 4 heteroatoms. The molecule has 0 bridgehead atoms. The van der Waals surface area contributed by atoms with Gasteiger partial charge < -0.3 is 10.6 Å². The van der Waals surface area contributed by atoms with E-state index >= 15 is 0 Å². The lowest BCUT2D eigenvalue weighted by Crippen LogP contribution is -2.45. The average molecular weight is 224 g/mol. The van der Waals surface area contributed by atoms with Gasteiger partial charge in [-0.15, -0.1) is 0 Å². The van der Waals surface area contributed by atoms with Gasteiger partial charge in [-0.1, -0.05) is 6.92 Å². The third kappa shape index (κ3) is 2.74. The number of nitrogens with one attached hydrogen (secondary N) is 2. The van der Waals surface area contributed by atoms with Gasteiger partial charge in [0.15, 0.2) is 0 Å². The van der Waals surface area contributed by atoms with Crippen molar-refractivity contribution in [3.05, 3.63) is 0 Å². The Balaban J connectivity index is 1.77. The third-order valence-corrected chi connectivity index (χ3v) is 3.68. The summed E-state index contributed by atoms with van der Waals surface area (Å²) >= 11 is 0. The van der Waals surface area contributed by atoms with Crippen LogP contribution in [0.15, 0.2) is 0 Å². The molecule has 0 aromatic rings. The van der Waals surface area contributed by atoms with Crippen LogP contribution in [-0.2, 0) is 9.59 Å². The van der Waals surface area contributed by atoms with Gasteiger partial charge in [0.1, 0.15) is 0 Å². The van der Waals surface area contributed by atoms with Crippen LogP contribution in [0.4, 0.5) is 0 Å². The highest BCUT2D eigenvalue weighted by Crippen LogP contribution is 2.25. The first-order valence-corrected chi connectivity index (χ1v) is 6.22. The molecule has 3 atom stereocenters. The summed E-state index contributed by atoms with van der Waals surface area (Å²) in [4.78, 5) is 22.9. The number of carbonyl (C=O) groups is 2. The summed E-state index contributed by atoms with van der Waals surface area (Å²) in [7, 11) is 0. The van der Waals surface area contributed by atoms with E-state index in [2.05, 4.69) is 17.6 Å². The quantitative estimate of drug-likeness (QED) is 0.729. The van der Waals surface area contributed by atoms with Crippen molar-refractivity contribution in [1.82, 2.24) is 10.6 Å². The monoisotopic (exact) mass is 224 g/mol. The Kier molecular flexibility index (Phi) is 3.46. The Morgan fingerprint density at radius 1 is 1.38 bits per heavy atom. The van der Waals surface area contributed by atoms with Crippen molar-refractivity contribution < 1.29 is 9.59 Å². The van der Waals surface area contributed by atoms with Gasteiger partial charge in [-0.3, -0.25) is 9.59 Å². The van der Waals surface area contributed by atoms with E-state index in [4.69, 9.17) is 0 Å². The van der Waals surface area contributed by atoms with Crippen molar-refractivity contribution in [3.63, 3.8) is 0 Å². The van der Waals surface area contributed by atoms with Crippen LogP contribution in [0.1, 0.15) is 39.0 Å². The van der Waals surface area contributed by atoms with Crippen LogP contribution in [0.5, 0.6) is 0 Å². The summed E-state index contributed by atoms with van der Waals surface area (Å²) in [6, 6.07) is 0.361. The molecule has 16 heavy (non-hydrogen) atoms. The first-order chi connectivity index (χ1) is 7.65. The number of hydrogen-bond donors (Lipinski definition) is 2. The molecule has 2 aliphatic rings. The van der Waals surface area contributed by atoms with Crippen molar-refractivity contribution in [3.8, 4) is 0 Å². The fourth-order valence-electron chi connectivity index (χ4n) is 2.61. The average Bonchev–Trinajstić information content (AvgIpc) is 2.65. The normalized spacial score (nSPS) is 34.6. The highest BCUT2D eigenvalue weighted by molar-refractivity contribution is 5.83. The van der Waals surface area contributed by atoms with Crippen molar-refractivity contribution in [2.45, 2.75) is 45.1 Å². The number of hydrogen-bond acceptors (Lipinski definition) is 2. The lowest BCUT2D eigenvalue weighted by atomic mass is 9.98. The molecule has 4 nitrogen and oxygen atoms in total. The number of amides is 2. The molecule has 1 saturated heterocycles. The first-order valence-electron chi connectivity index (χ1n) is 6.22. The van der Waals surface area contributed by atoms with E-state index in [1.807, 2.05) is 0 Å². The molecule has 2 amide bonds. The highest BCUT2D eigenvalue weighted by Gasteiger charge is 2.28. The third-order valence-electron chi connectivity index (χ3n) is 3.68. The van der Waals surface area contributed by atoms with E-state index in [-0.39, 0.29) is 17.7 Å². The molecular formula is C12H20N2O2. The summed E-state index contributed by atoms with van der Waals surface area (Å²) < 4.78 is 0. The van der Waals surface area contributed by atoms with Gasteiger partial charge in [-0.25, -0.2) is 0 Å². The Hall–Kier alpha value is -1.06. The molecule has 0 radical (unpaired) electrons. The van der Waals surface area contributed by atoms with E-state index in [9.17, 15) is 9.59 Å². The molecule has 0 spiro atoms.